The number of nitrogens with zero attached hydrogens (tertiary/aromatic N) is 1. The second kappa shape index (κ2) is 8.02. The molecule has 0 saturated heterocycles. The molecule has 1 amide bonds. The largest absolute Gasteiger partial charge is 0.369 e. The number of ether oxygens (including phenoxy) is 1. The van der Waals surface area contributed by atoms with E-state index in [2.05, 4.69) is 0 Å². The van der Waals surface area contributed by atoms with Crippen LogP contribution >= 0.6 is 0 Å². The fourth-order valence-electron chi connectivity index (χ4n) is 2.06. The number of hydrogen-bond donors (Lipinski definition) is 1. The Labute approximate surface area is 121 Å². The molecule has 0 aliphatic carbocycles. The Morgan fingerprint density at radius 3 is 2.50 bits per heavy atom. The molecule has 0 radical (unpaired) electrons. The normalized spacial score (nSPS) is 13.8. The van der Waals surface area contributed by atoms with Crippen LogP contribution in [0.4, 0.5) is 0 Å². The maximum atomic E-state index is 12.7. The summed E-state index contributed by atoms with van der Waals surface area (Å²) in [4.78, 5) is 14.5. The lowest BCUT2D eigenvalue weighted by molar-refractivity contribution is -0.154. The van der Waals surface area contributed by atoms with Crippen LogP contribution < -0.4 is 5.73 Å². The van der Waals surface area contributed by atoms with Crippen molar-refractivity contribution in [3.8, 4) is 0 Å². The number of hydrogen-bond acceptors (Lipinski definition) is 3. The summed E-state index contributed by atoms with van der Waals surface area (Å²) in [6.45, 7) is 5.64. The highest BCUT2D eigenvalue weighted by molar-refractivity contribution is 5.84. The zero-order chi connectivity index (χ0) is 15.0. The van der Waals surface area contributed by atoms with Gasteiger partial charge >= 0.3 is 0 Å². The molecule has 0 bridgehead atoms. The van der Waals surface area contributed by atoms with E-state index in [-0.39, 0.29) is 5.91 Å². The maximum Gasteiger partial charge on any atom is 0.254 e. The van der Waals surface area contributed by atoms with Crippen LogP contribution in [0.3, 0.4) is 0 Å². The second-order valence-electron chi connectivity index (χ2n) is 5.14. The molecule has 1 rings (SSSR count). The Morgan fingerprint density at radius 1 is 1.35 bits per heavy atom. The van der Waals surface area contributed by atoms with E-state index in [0.717, 1.165) is 12.0 Å². The van der Waals surface area contributed by atoms with Gasteiger partial charge in [-0.2, -0.15) is 0 Å². The van der Waals surface area contributed by atoms with Gasteiger partial charge in [-0.1, -0.05) is 37.3 Å². The lowest BCUT2D eigenvalue weighted by Gasteiger charge is -2.33. The molecule has 0 fully saturated rings. The molecule has 0 saturated carbocycles. The van der Waals surface area contributed by atoms with Crippen LogP contribution in [0.5, 0.6) is 0 Å². The van der Waals surface area contributed by atoms with Crippen LogP contribution in [0.25, 0.3) is 0 Å². The summed E-state index contributed by atoms with van der Waals surface area (Å²) in [6.07, 6.45) is 1.44. The number of carbonyl (C=O) groups excluding carboxylic acids is 1. The van der Waals surface area contributed by atoms with Gasteiger partial charge in [0, 0.05) is 20.2 Å². The molecule has 0 aromatic heterocycles. The van der Waals surface area contributed by atoms with Crippen molar-refractivity contribution in [3.63, 3.8) is 0 Å². The van der Waals surface area contributed by atoms with Crippen molar-refractivity contribution in [1.82, 2.24) is 4.90 Å². The van der Waals surface area contributed by atoms with Crippen LogP contribution in [0, 0.1) is 0 Å². The molecule has 1 aromatic rings. The standard InChI is InChI=1S/C16H26N2O2/c1-4-16(2,20-3)15(19)18(12-8-11-17)13-14-9-6-5-7-10-14/h5-7,9-10H,4,8,11-13,17H2,1-3H3. The molecule has 0 heterocycles. The number of carbonyl (C=O) groups is 1. The number of amides is 1. The first kappa shape index (κ1) is 16.7. The number of rotatable bonds is 8. The van der Waals surface area contributed by atoms with Crippen LogP contribution in [-0.2, 0) is 16.1 Å². The van der Waals surface area contributed by atoms with Crippen molar-refractivity contribution < 1.29 is 9.53 Å². The quantitative estimate of drug-likeness (QED) is 0.793. The first-order chi connectivity index (χ1) is 9.57. The fourth-order valence-corrected chi connectivity index (χ4v) is 2.06. The minimum atomic E-state index is -0.761. The number of benzene rings is 1. The lowest BCUT2D eigenvalue weighted by Crippen LogP contribution is -2.48. The Bertz CT molecular complexity index is 402. The summed E-state index contributed by atoms with van der Waals surface area (Å²) in [5.74, 6) is 0.0276. The van der Waals surface area contributed by atoms with Crippen molar-refractivity contribution >= 4 is 5.91 Å². The molecule has 4 nitrogen and oxygen atoms in total. The average molecular weight is 278 g/mol. The van der Waals surface area contributed by atoms with Gasteiger partial charge in [0.05, 0.1) is 0 Å². The van der Waals surface area contributed by atoms with E-state index in [4.69, 9.17) is 10.5 Å². The fraction of sp³-hybridized carbons (Fsp3) is 0.562. The zero-order valence-electron chi connectivity index (χ0n) is 12.8. The van der Waals surface area contributed by atoms with Gasteiger partial charge in [-0.15, -0.1) is 0 Å². The maximum absolute atomic E-state index is 12.7. The van der Waals surface area contributed by atoms with Gasteiger partial charge in [-0.25, -0.2) is 0 Å². The molecule has 1 atom stereocenters. The summed E-state index contributed by atoms with van der Waals surface area (Å²) in [5.41, 5.74) is 5.93. The third-order valence-electron chi connectivity index (χ3n) is 3.71. The predicted molar refractivity (Wildman–Crippen MR) is 81.2 cm³/mol. The Balaban J connectivity index is 2.85. The number of methoxy groups -OCH3 is 1. The summed E-state index contributed by atoms with van der Waals surface area (Å²) in [7, 11) is 1.59. The molecule has 2 N–H and O–H groups in total. The third kappa shape index (κ3) is 4.32. The van der Waals surface area contributed by atoms with E-state index in [1.807, 2.05) is 49.1 Å². The highest BCUT2D eigenvalue weighted by Crippen LogP contribution is 2.19. The van der Waals surface area contributed by atoms with Gasteiger partial charge < -0.3 is 15.4 Å². The minimum absolute atomic E-state index is 0.0276. The Morgan fingerprint density at radius 2 is 2.00 bits per heavy atom. The molecular weight excluding hydrogens is 252 g/mol. The second-order valence-corrected chi connectivity index (χ2v) is 5.14. The predicted octanol–water partition coefficient (Wildman–Crippen LogP) is 2.18. The van der Waals surface area contributed by atoms with Crippen molar-refractivity contribution in [2.45, 2.75) is 38.8 Å². The first-order valence-corrected chi connectivity index (χ1v) is 7.16. The van der Waals surface area contributed by atoms with Crippen molar-refractivity contribution in [3.05, 3.63) is 35.9 Å². The average Bonchev–Trinajstić information content (AvgIpc) is 2.50. The lowest BCUT2D eigenvalue weighted by atomic mass is 10.0. The Hall–Kier alpha value is -1.39. The molecule has 112 valence electrons. The van der Waals surface area contributed by atoms with Crippen LogP contribution in [-0.4, -0.2) is 36.6 Å². The van der Waals surface area contributed by atoms with Crippen LogP contribution in [0.2, 0.25) is 0 Å². The molecule has 4 heteroatoms. The van der Waals surface area contributed by atoms with Gasteiger partial charge in [-0.3, -0.25) is 4.79 Å². The third-order valence-corrected chi connectivity index (χ3v) is 3.71. The monoisotopic (exact) mass is 278 g/mol. The topological polar surface area (TPSA) is 55.6 Å². The zero-order valence-corrected chi connectivity index (χ0v) is 12.8. The summed E-state index contributed by atoms with van der Waals surface area (Å²) in [5, 5.41) is 0. The first-order valence-electron chi connectivity index (χ1n) is 7.16. The molecule has 20 heavy (non-hydrogen) atoms. The SMILES string of the molecule is CCC(C)(OC)C(=O)N(CCCN)Cc1ccccc1. The van der Waals surface area contributed by atoms with Crippen LogP contribution in [0.1, 0.15) is 32.3 Å². The van der Waals surface area contributed by atoms with Crippen LogP contribution in [0.15, 0.2) is 30.3 Å². The van der Waals surface area contributed by atoms with E-state index >= 15 is 0 Å². The van der Waals surface area contributed by atoms with Crippen molar-refractivity contribution in [2.75, 3.05) is 20.2 Å². The number of nitrogens with two attached hydrogens (primary N) is 1. The minimum Gasteiger partial charge on any atom is -0.369 e. The van der Waals surface area contributed by atoms with E-state index in [1.165, 1.54) is 0 Å². The van der Waals surface area contributed by atoms with E-state index in [1.54, 1.807) is 7.11 Å². The molecular formula is C16H26N2O2. The van der Waals surface area contributed by atoms with E-state index in [0.29, 0.717) is 26.1 Å². The van der Waals surface area contributed by atoms with Gasteiger partial charge in [0.2, 0.25) is 0 Å². The molecule has 1 unspecified atom stereocenters. The van der Waals surface area contributed by atoms with Gasteiger partial charge in [0.15, 0.2) is 0 Å². The van der Waals surface area contributed by atoms with Gasteiger partial charge in [0.25, 0.3) is 5.91 Å². The van der Waals surface area contributed by atoms with Gasteiger partial charge in [-0.05, 0) is 31.9 Å². The van der Waals surface area contributed by atoms with E-state index < -0.39 is 5.60 Å². The van der Waals surface area contributed by atoms with E-state index in [9.17, 15) is 4.79 Å². The summed E-state index contributed by atoms with van der Waals surface area (Å²) < 4.78 is 5.42. The molecule has 0 spiro atoms. The smallest absolute Gasteiger partial charge is 0.254 e. The molecule has 0 aliphatic rings. The highest BCUT2D eigenvalue weighted by Gasteiger charge is 2.34. The van der Waals surface area contributed by atoms with Gasteiger partial charge in [0.1, 0.15) is 5.60 Å². The van der Waals surface area contributed by atoms with Crippen molar-refractivity contribution in [2.24, 2.45) is 5.73 Å². The van der Waals surface area contributed by atoms with Crippen molar-refractivity contribution in [1.29, 1.82) is 0 Å². The summed E-state index contributed by atoms with van der Waals surface area (Å²) >= 11 is 0. The Kier molecular flexibility index (Phi) is 6.68. The summed E-state index contributed by atoms with van der Waals surface area (Å²) in [6, 6.07) is 9.99. The molecule has 0 aliphatic heterocycles. The highest BCUT2D eigenvalue weighted by atomic mass is 16.5. The molecule has 1 aromatic carbocycles.